The third kappa shape index (κ3) is 3.09. The quantitative estimate of drug-likeness (QED) is 0.567. The van der Waals surface area contributed by atoms with Crippen LogP contribution < -0.4 is 0 Å². The number of nitrogens with one attached hydrogen (secondary N) is 1. The van der Waals surface area contributed by atoms with Gasteiger partial charge in [0.05, 0.1) is 0 Å². The predicted molar refractivity (Wildman–Crippen MR) is 70.2 cm³/mol. The van der Waals surface area contributed by atoms with Gasteiger partial charge in [-0.25, -0.2) is 0 Å². The minimum Gasteiger partial charge on any atom is -0.357 e. The highest BCUT2D eigenvalue weighted by atomic mass is 15.2. The summed E-state index contributed by atoms with van der Waals surface area (Å²) < 4.78 is 0. The molecule has 2 nitrogen and oxygen atoms in total. The van der Waals surface area contributed by atoms with Gasteiger partial charge in [-0.2, -0.15) is 0 Å². The average molecular weight is 218 g/mol. The summed E-state index contributed by atoms with van der Waals surface area (Å²) in [7, 11) is 0. The van der Waals surface area contributed by atoms with Crippen LogP contribution in [0.15, 0.2) is 24.3 Å². The molecule has 0 aromatic heterocycles. The molecule has 1 aliphatic heterocycles. The topological polar surface area (TPSA) is 27.1 Å². The van der Waals surface area contributed by atoms with Crippen molar-refractivity contribution >= 4 is 5.84 Å². The first kappa shape index (κ1) is 12.8. The maximum atomic E-state index is 8.02. The zero-order valence-corrected chi connectivity index (χ0v) is 10.6. The molecule has 0 aliphatic carbocycles. The van der Waals surface area contributed by atoms with Crippen LogP contribution in [0.2, 0.25) is 0 Å². The molecule has 1 aromatic carbocycles. The Morgan fingerprint density at radius 1 is 1.06 bits per heavy atom. The van der Waals surface area contributed by atoms with Crippen LogP contribution in [-0.2, 0) is 0 Å². The summed E-state index contributed by atoms with van der Waals surface area (Å²) in [6, 6.07) is 8.21. The van der Waals surface area contributed by atoms with Crippen molar-refractivity contribution in [2.24, 2.45) is 0 Å². The van der Waals surface area contributed by atoms with Crippen LogP contribution in [0.3, 0.4) is 0 Å². The third-order valence-corrected chi connectivity index (χ3v) is 2.75. The normalized spacial score (nSPS) is 14.3. The van der Waals surface area contributed by atoms with Gasteiger partial charge in [0.2, 0.25) is 0 Å². The molecule has 88 valence electrons. The second-order valence-electron chi connectivity index (χ2n) is 3.91. The molecule has 1 aromatic rings. The standard InChI is InChI=1S/C12H16N2.C2H6/c1-10-4-6-11(7-5-10)12(13)14-8-2-3-9-14;1-2/h4-7,13H,2-3,8-9H2,1H3;1-2H3. The lowest BCUT2D eigenvalue weighted by atomic mass is 10.1. The summed E-state index contributed by atoms with van der Waals surface area (Å²) in [4.78, 5) is 2.16. The van der Waals surface area contributed by atoms with Gasteiger partial charge < -0.3 is 4.90 Å². The number of amidine groups is 1. The van der Waals surface area contributed by atoms with E-state index < -0.39 is 0 Å². The van der Waals surface area contributed by atoms with E-state index in [9.17, 15) is 0 Å². The fourth-order valence-corrected chi connectivity index (χ4v) is 1.83. The smallest absolute Gasteiger partial charge is 0.128 e. The summed E-state index contributed by atoms with van der Waals surface area (Å²) in [6.07, 6.45) is 2.46. The van der Waals surface area contributed by atoms with E-state index in [-0.39, 0.29) is 0 Å². The van der Waals surface area contributed by atoms with E-state index in [2.05, 4.69) is 24.0 Å². The molecular formula is C14H22N2. The molecule has 16 heavy (non-hydrogen) atoms. The number of hydrogen-bond acceptors (Lipinski definition) is 1. The molecule has 0 unspecified atom stereocenters. The molecule has 0 radical (unpaired) electrons. The van der Waals surface area contributed by atoms with Gasteiger partial charge in [-0.05, 0) is 19.8 Å². The van der Waals surface area contributed by atoms with E-state index >= 15 is 0 Å². The fraction of sp³-hybridized carbons (Fsp3) is 0.500. The van der Waals surface area contributed by atoms with Gasteiger partial charge in [0.15, 0.2) is 0 Å². The Bertz CT molecular complexity index is 321. The SMILES string of the molecule is CC.Cc1ccc(C(=N)N2CCCC2)cc1. The highest BCUT2D eigenvalue weighted by molar-refractivity contribution is 5.96. The van der Waals surface area contributed by atoms with Gasteiger partial charge in [-0.3, -0.25) is 5.41 Å². The van der Waals surface area contributed by atoms with Crippen LogP contribution in [0.25, 0.3) is 0 Å². The molecule has 1 aliphatic rings. The Balaban J connectivity index is 0.000000606. The molecule has 1 N–H and O–H groups in total. The zero-order valence-electron chi connectivity index (χ0n) is 10.6. The molecule has 2 rings (SSSR count). The van der Waals surface area contributed by atoms with Crippen LogP contribution in [0.5, 0.6) is 0 Å². The second kappa shape index (κ2) is 6.31. The number of benzene rings is 1. The van der Waals surface area contributed by atoms with Crippen LogP contribution in [0.4, 0.5) is 0 Å². The first-order valence-corrected chi connectivity index (χ1v) is 6.18. The van der Waals surface area contributed by atoms with Gasteiger partial charge in [-0.15, -0.1) is 0 Å². The van der Waals surface area contributed by atoms with Crippen molar-refractivity contribution < 1.29 is 0 Å². The first-order valence-electron chi connectivity index (χ1n) is 6.18. The van der Waals surface area contributed by atoms with Gasteiger partial charge in [-0.1, -0.05) is 43.7 Å². The van der Waals surface area contributed by atoms with E-state index in [0.29, 0.717) is 5.84 Å². The first-order chi connectivity index (χ1) is 7.77. The highest BCUT2D eigenvalue weighted by Gasteiger charge is 2.15. The van der Waals surface area contributed by atoms with E-state index in [4.69, 9.17) is 5.41 Å². The van der Waals surface area contributed by atoms with E-state index in [1.165, 1.54) is 18.4 Å². The maximum absolute atomic E-state index is 8.02. The van der Waals surface area contributed by atoms with Crippen LogP contribution >= 0.6 is 0 Å². The summed E-state index contributed by atoms with van der Waals surface area (Å²) in [5, 5.41) is 8.02. The highest BCUT2D eigenvalue weighted by Crippen LogP contribution is 2.13. The summed E-state index contributed by atoms with van der Waals surface area (Å²) >= 11 is 0. The molecule has 1 heterocycles. The van der Waals surface area contributed by atoms with Crippen molar-refractivity contribution in [1.82, 2.24) is 4.90 Å². The van der Waals surface area contributed by atoms with Crippen molar-refractivity contribution in [3.8, 4) is 0 Å². The lowest BCUT2D eigenvalue weighted by Crippen LogP contribution is -2.27. The molecule has 0 saturated carbocycles. The number of rotatable bonds is 1. The number of likely N-dealkylation sites (tertiary alicyclic amines) is 1. The molecule has 0 bridgehead atoms. The lowest BCUT2D eigenvalue weighted by Gasteiger charge is -2.18. The Morgan fingerprint density at radius 3 is 2.06 bits per heavy atom. The fourth-order valence-electron chi connectivity index (χ4n) is 1.83. The number of hydrogen-bond donors (Lipinski definition) is 1. The summed E-state index contributed by atoms with van der Waals surface area (Å²) in [6.45, 7) is 8.17. The van der Waals surface area contributed by atoms with Gasteiger partial charge in [0.25, 0.3) is 0 Å². The van der Waals surface area contributed by atoms with Gasteiger partial charge in [0.1, 0.15) is 5.84 Å². The van der Waals surface area contributed by atoms with E-state index in [0.717, 1.165) is 18.7 Å². The predicted octanol–water partition coefficient (Wildman–Crippen LogP) is 3.44. The van der Waals surface area contributed by atoms with Crippen molar-refractivity contribution in [2.45, 2.75) is 33.6 Å². The molecule has 0 atom stereocenters. The average Bonchev–Trinajstić information content (AvgIpc) is 2.85. The molecule has 0 spiro atoms. The molecule has 0 amide bonds. The maximum Gasteiger partial charge on any atom is 0.128 e. The zero-order chi connectivity index (χ0) is 12.0. The van der Waals surface area contributed by atoms with Crippen LogP contribution in [0, 0.1) is 12.3 Å². The van der Waals surface area contributed by atoms with Crippen molar-refractivity contribution in [2.75, 3.05) is 13.1 Å². The lowest BCUT2D eigenvalue weighted by molar-refractivity contribution is 0.517. The molecule has 1 saturated heterocycles. The van der Waals surface area contributed by atoms with Crippen molar-refractivity contribution in [3.05, 3.63) is 35.4 Å². The molecule has 2 heteroatoms. The largest absolute Gasteiger partial charge is 0.357 e. The third-order valence-electron chi connectivity index (χ3n) is 2.75. The Labute approximate surface area is 98.8 Å². The van der Waals surface area contributed by atoms with Crippen LogP contribution in [0.1, 0.15) is 37.8 Å². The van der Waals surface area contributed by atoms with Crippen molar-refractivity contribution in [1.29, 1.82) is 5.41 Å². The minimum absolute atomic E-state index is 0.683. The molecular weight excluding hydrogens is 196 g/mol. The van der Waals surface area contributed by atoms with Crippen molar-refractivity contribution in [3.63, 3.8) is 0 Å². The monoisotopic (exact) mass is 218 g/mol. The second-order valence-corrected chi connectivity index (χ2v) is 3.91. The Hall–Kier alpha value is -1.31. The Kier molecular flexibility index (Phi) is 5.03. The Morgan fingerprint density at radius 2 is 1.56 bits per heavy atom. The molecule has 1 fully saturated rings. The number of nitrogens with zero attached hydrogens (tertiary/aromatic N) is 1. The summed E-state index contributed by atoms with van der Waals surface area (Å²) in [5.74, 6) is 0.683. The minimum atomic E-state index is 0.683. The van der Waals surface area contributed by atoms with Gasteiger partial charge >= 0.3 is 0 Å². The van der Waals surface area contributed by atoms with E-state index in [1.807, 2.05) is 26.0 Å². The van der Waals surface area contributed by atoms with Crippen LogP contribution in [-0.4, -0.2) is 23.8 Å². The summed E-state index contributed by atoms with van der Waals surface area (Å²) in [5.41, 5.74) is 2.29. The van der Waals surface area contributed by atoms with E-state index in [1.54, 1.807) is 0 Å². The number of aryl methyl sites for hydroxylation is 1. The van der Waals surface area contributed by atoms with Gasteiger partial charge in [0, 0.05) is 18.7 Å².